The number of ether oxygens (including phenoxy) is 1. The van der Waals surface area contributed by atoms with Crippen molar-refractivity contribution in [3.8, 4) is 11.5 Å². The Morgan fingerprint density at radius 2 is 2.17 bits per heavy atom. The maximum Gasteiger partial charge on any atom is 0.127 e. The standard InChI is InChI=1S/C8H11NO2.ClH/c1-11-8-4-7(10)3-2-6(8)5-9;/h2-4,10H,5,9H2,1H3;1H. The first kappa shape index (κ1) is 11.1. The van der Waals surface area contributed by atoms with E-state index in [2.05, 4.69) is 0 Å². The summed E-state index contributed by atoms with van der Waals surface area (Å²) in [6.45, 7) is 0.420. The molecule has 0 saturated carbocycles. The molecule has 3 N–H and O–H groups in total. The molecule has 0 aliphatic rings. The molecule has 0 fully saturated rings. The van der Waals surface area contributed by atoms with Crippen molar-refractivity contribution in [2.24, 2.45) is 5.73 Å². The van der Waals surface area contributed by atoms with Crippen LogP contribution in [0.1, 0.15) is 5.56 Å². The highest BCUT2D eigenvalue weighted by molar-refractivity contribution is 5.85. The summed E-state index contributed by atoms with van der Waals surface area (Å²) in [5.41, 5.74) is 6.31. The molecule has 0 bridgehead atoms. The van der Waals surface area contributed by atoms with E-state index in [1.54, 1.807) is 25.3 Å². The normalized spacial score (nSPS) is 8.83. The Balaban J connectivity index is 0.00000121. The van der Waals surface area contributed by atoms with Gasteiger partial charge in [0.05, 0.1) is 7.11 Å². The lowest BCUT2D eigenvalue weighted by atomic mass is 10.2. The van der Waals surface area contributed by atoms with Gasteiger partial charge >= 0.3 is 0 Å². The van der Waals surface area contributed by atoms with E-state index in [4.69, 9.17) is 15.6 Å². The van der Waals surface area contributed by atoms with E-state index in [1.165, 1.54) is 0 Å². The third-order valence-corrected chi connectivity index (χ3v) is 1.49. The van der Waals surface area contributed by atoms with Crippen molar-refractivity contribution in [1.29, 1.82) is 0 Å². The fourth-order valence-corrected chi connectivity index (χ4v) is 0.902. The number of hydrogen-bond donors (Lipinski definition) is 2. The maximum atomic E-state index is 9.04. The first-order valence-corrected chi connectivity index (χ1v) is 3.34. The SMILES string of the molecule is COc1cc(O)ccc1CN.Cl. The van der Waals surface area contributed by atoms with E-state index in [0.29, 0.717) is 12.3 Å². The fraction of sp³-hybridized carbons (Fsp3) is 0.250. The molecule has 0 unspecified atom stereocenters. The summed E-state index contributed by atoms with van der Waals surface area (Å²) in [6.07, 6.45) is 0. The fourth-order valence-electron chi connectivity index (χ4n) is 0.902. The molecule has 0 aromatic heterocycles. The summed E-state index contributed by atoms with van der Waals surface area (Å²) in [5, 5.41) is 9.04. The second kappa shape index (κ2) is 4.85. The molecule has 0 heterocycles. The summed E-state index contributed by atoms with van der Waals surface area (Å²) in [7, 11) is 1.55. The van der Waals surface area contributed by atoms with Crippen LogP contribution in [0.5, 0.6) is 11.5 Å². The molecule has 0 aliphatic heterocycles. The molecule has 0 spiro atoms. The Morgan fingerprint density at radius 1 is 1.50 bits per heavy atom. The maximum absolute atomic E-state index is 9.04. The molecule has 0 saturated heterocycles. The lowest BCUT2D eigenvalue weighted by Crippen LogP contribution is -1.98. The number of halogens is 1. The molecule has 1 aromatic carbocycles. The molecule has 12 heavy (non-hydrogen) atoms. The number of benzene rings is 1. The van der Waals surface area contributed by atoms with Crippen LogP contribution < -0.4 is 10.5 Å². The van der Waals surface area contributed by atoms with Gasteiger partial charge in [-0.25, -0.2) is 0 Å². The van der Waals surface area contributed by atoms with Crippen molar-refractivity contribution in [2.45, 2.75) is 6.54 Å². The number of methoxy groups -OCH3 is 1. The molecule has 1 aromatic rings. The largest absolute Gasteiger partial charge is 0.508 e. The monoisotopic (exact) mass is 189 g/mol. The van der Waals surface area contributed by atoms with Crippen molar-refractivity contribution in [2.75, 3.05) is 7.11 Å². The number of nitrogens with two attached hydrogens (primary N) is 1. The van der Waals surface area contributed by atoms with Crippen molar-refractivity contribution < 1.29 is 9.84 Å². The minimum Gasteiger partial charge on any atom is -0.508 e. The molecule has 1 rings (SSSR count). The summed E-state index contributed by atoms with van der Waals surface area (Å²) >= 11 is 0. The second-order valence-electron chi connectivity index (χ2n) is 2.20. The van der Waals surface area contributed by atoms with E-state index in [1.807, 2.05) is 0 Å². The molecule has 0 atom stereocenters. The van der Waals surface area contributed by atoms with Gasteiger partial charge in [-0.05, 0) is 6.07 Å². The van der Waals surface area contributed by atoms with Gasteiger partial charge in [-0.2, -0.15) is 0 Å². The zero-order chi connectivity index (χ0) is 8.27. The van der Waals surface area contributed by atoms with E-state index < -0.39 is 0 Å². The van der Waals surface area contributed by atoms with Crippen LogP contribution in [0.3, 0.4) is 0 Å². The van der Waals surface area contributed by atoms with Crippen molar-refractivity contribution in [1.82, 2.24) is 0 Å². The summed E-state index contributed by atoms with van der Waals surface area (Å²) in [6, 6.07) is 4.88. The number of hydrogen-bond acceptors (Lipinski definition) is 3. The predicted octanol–water partition coefficient (Wildman–Crippen LogP) is 1.28. The van der Waals surface area contributed by atoms with Gasteiger partial charge in [-0.1, -0.05) is 6.07 Å². The van der Waals surface area contributed by atoms with E-state index in [0.717, 1.165) is 5.56 Å². The number of phenols is 1. The van der Waals surface area contributed by atoms with E-state index >= 15 is 0 Å². The van der Waals surface area contributed by atoms with Crippen LogP contribution in [0.25, 0.3) is 0 Å². The molecular formula is C8H12ClNO2. The molecule has 4 heteroatoms. The van der Waals surface area contributed by atoms with Crippen LogP contribution in [0.4, 0.5) is 0 Å². The Morgan fingerprint density at radius 3 is 2.67 bits per heavy atom. The zero-order valence-corrected chi connectivity index (χ0v) is 7.60. The number of phenolic OH excluding ortho intramolecular Hbond substituents is 1. The van der Waals surface area contributed by atoms with Gasteiger partial charge in [0.15, 0.2) is 0 Å². The first-order chi connectivity index (χ1) is 5.27. The quantitative estimate of drug-likeness (QED) is 0.737. The average molecular weight is 190 g/mol. The molecule has 3 nitrogen and oxygen atoms in total. The zero-order valence-electron chi connectivity index (χ0n) is 6.78. The molecule has 0 aliphatic carbocycles. The third kappa shape index (κ3) is 2.29. The Labute approximate surface area is 77.6 Å². The topological polar surface area (TPSA) is 55.5 Å². The van der Waals surface area contributed by atoms with Gasteiger partial charge in [-0.3, -0.25) is 0 Å². The number of aromatic hydroxyl groups is 1. The predicted molar refractivity (Wildman–Crippen MR) is 49.8 cm³/mol. The third-order valence-electron chi connectivity index (χ3n) is 1.49. The minimum absolute atomic E-state index is 0. The highest BCUT2D eigenvalue weighted by Gasteiger charge is 2.00. The average Bonchev–Trinajstić information content (AvgIpc) is 2.04. The van der Waals surface area contributed by atoms with Gasteiger partial charge < -0.3 is 15.6 Å². The van der Waals surface area contributed by atoms with Gasteiger partial charge in [-0.15, -0.1) is 12.4 Å². The molecule has 68 valence electrons. The summed E-state index contributed by atoms with van der Waals surface area (Å²) < 4.78 is 4.98. The van der Waals surface area contributed by atoms with Crippen molar-refractivity contribution in [3.63, 3.8) is 0 Å². The minimum atomic E-state index is 0. The highest BCUT2D eigenvalue weighted by atomic mass is 35.5. The van der Waals surface area contributed by atoms with Crippen LogP contribution in [0.15, 0.2) is 18.2 Å². The van der Waals surface area contributed by atoms with Crippen LogP contribution in [-0.2, 0) is 6.54 Å². The Bertz CT molecular complexity index is 253. The van der Waals surface area contributed by atoms with Crippen LogP contribution in [-0.4, -0.2) is 12.2 Å². The lowest BCUT2D eigenvalue weighted by Gasteiger charge is -2.05. The molecular weight excluding hydrogens is 178 g/mol. The van der Waals surface area contributed by atoms with Crippen LogP contribution >= 0.6 is 12.4 Å². The van der Waals surface area contributed by atoms with Gasteiger partial charge in [0.2, 0.25) is 0 Å². The van der Waals surface area contributed by atoms with Crippen LogP contribution in [0.2, 0.25) is 0 Å². The summed E-state index contributed by atoms with van der Waals surface area (Å²) in [4.78, 5) is 0. The van der Waals surface area contributed by atoms with Gasteiger partial charge in [0.25, 0.3) is 0 Å². The number of rotatable bonds is 2. The molecule has 0 amide bonds. The van der Waals surface area contributed by atoms with Crippen molar-refractivity contribution in [3.05, 3.63) is 23.8 Å². The Hall–Kier alpha value is -0.930. The van der Waals surface area contributed by atoms with Crippen molar-refractivity contribution >= 4 is 12.4 Å². The Kier molecular flexibility index (Phi) is 4.47. The van der Waals surface area contributed by atoms with Gasteiger partial charge in [0.1, 0.15) is 11.5 Å². The first-order valence-electron chi connectivity index (χ1n) is 3.34. The van der Waals surface area contributed by atoms with E-state index in [9.17, 15) is 0 Å². The highest BCUT2D eigenvalue weighted by Crippen LogP contribution is 2.22. The lowest BCUT2D eigenvalue weighted by molar-refractivity contribution is 0.403. The van der Waals surface area contributed by atoms with Crippen LogP contribution in [0, 0.1) is 0 Å². The van der Waals surface area contributed by atoms with Gasteiger partial charge in [0, 0.05) is 18.2 Å². The summed E-state index contributed by atoms with van der Waals surface area (Å²) in [5.74, 6) is 0.826. The second-order valence-corrected chi connectivity index (χ2v) is 2.20. The molecule has 0 radical (unpaired) electrons. The smallest absolute Gasteiger partial charge is 0.127 e. The van der Waals surface area contributed by atoms with E-state index in [-0.39, 0.29) is 18.2 Å².